The van der Waals surface area contributed by atoms with Crippen LogP contribution in [0, 0.1) is 0 Å². The van der Waals surface area contributed by atoms with Gasteiger partial charge in [-0.3, -0.25) is 4.57 Å². The summed E-state index contributed by atoms with van der Waals surface area (Å²) in [5.74, 6) is 1.93. The Morgan fingerprint density at radius 1 is 0.476 bits per heavy atom. The summed E-state index contributed by atoms with van der Waals surface area (Å²) in [5.41, 5.74) is 4.11. The maximum atomic E-state index is 5.22. The maximum absolute atomic E-state index is 5.22. The molecule has 0 atom stereocenters. The molecule has 0 amide bonds. The first kappa shape index (κ1) is 23.3. The molecule has 3 heterocycles. The molecule has 0 bridgehead atoms. The molecule has 0 radical (unpaired) electrons. The second-order valence-electron chi connectivity index (χ2n) is 10.5. The third kappa shape index (κ3) is 3.51. The second kappa shape index (κ2) is 9.06. The lowest BCUT2D eigenvalue weighted by Crippen LogP contribution is -2.06. The number of para-hydroxylation sites is 1. The van der Waals surface area contributed by atoms with E-state index < -0.39 is 0 Å². The first-order chi connectivity index (χ1) is 20.8. The van der Waals surface area contributed by atoms with E-state index >= 15 is 0 Å². The molecule has 42 heavy (non-hydrogen) atoms. The number of hydrogen-bond donors (Lipinski definition) is 0. The summed E-state index contributed by atoms with van der Waals surface area (Å²) in [6, 6.07) is 46.7. The van der Waals surface area contributed by atoms with Gasteiger partial charge in [0.1, 0.15) is 0 Å². The molecular formula is C37H22N4S. The van der Waals surface area contributed by atoms with Crippen LogP contribution in [0.3, 0.4) is 0 Å². The summed E-state index contributed by atoms with van der Waals surface area (Å²) in [6.45, 7) is 0. The molecule has 0 N–H and O–H groups in total. The van der Waals surface area contributed by atoms with Crippen LogP contribution in [0.5, 0.6) is 0 Å². The molecule has 0 aliphatic rings. The normalized spacial score (nSPS) is 11.8. The SMILES string of the molecule is c1ccc(-c2nc(-c3cccc4c3sc3ccccc34)nc(-n3c4ccccc4c4cc5ccccc5cc43)n2)cc1. The van der Waals surface area contributed by atoms with Gasteiger partial charge in [-0.15, -0.1) is 11.3 Å². The van der Waals surface area contributed by atoms with Gasteiger partial charge < -0.3 is 0 Å². The van der Waals surface area contributed by atoms with E-state index in [2.05, 4.69) is 120 Å². The van der Waals surface area contributed by atoms with E-state index in [4.69, 9.17) is 15.0 Å². The highest BCUT2D eigenvalue weighted by Crippen LogP contribution is 2.40. The van der Waals surface area contributed by atoms with Gasteiger partial charge in [-0.1, -0.05) is 103 Å². The summed E-state index contributed by atoms with van der Waals surface area (Å²) in [5, 5.41) is 7.23. The lowest BCUT2D eigenvalue weighted by atomic mass is 10.1. The zero-order chi connectivity index (χ0) is 27.6. The van der Waals surface area contributed by atoms with Crippen molar-refractivity contribution in [1.82, 2.24) is 19.5 Å². The molecule has 5 heteroatoms. The number of hydrogen-bond acceptors (Lipinski definition) is 4. The fraction of sp³-hybridized carbons (Fsp3) is 0. The Balaban J connectivity index is 1.39. The van der Waals surface area contributed by atoms with Gasteiger partial charge in [0, 0.05) is 42.1 Å². The lowest BCUT2D eigenvalue weighted by Gasteiger charge is -2.11. The van der Waals surface area contributed by atoms with Gasteiger partial charge >= 0.3 is 0 Å². The molecule has 9 aromatic rings. The molecule has 0 saturated heterocycles. The Kier molecular flexibility index (Phi) is 5.03. The largest absolute Gasteiger partial charge is 0.278 e. The minimum absolute atomic E-state index is 0.610. The quantitative estimate of drug-likeness (QED) is 0.218. The number of aromatic nitrogens is 4. The van der Waals surface area contributed by atoms with Crippen LogP contribution in [0.4, 0.5) is 0 Å². The topological polar surface area (TPSA) is 43.6 Å². The fourth-order valence-electron chi connectivity index (χ4n) is 6.10. The molecule has 0 unspecified atom stereocenters. The highest BCUT2D eigenvalue weighted by Gasteiger charge is 2.20. The van der Waals surface area contributed by atoms with E-state index in [1.165, 1.54) is 41.7 Å². The van der Waals surface area contributed by atoms with Gasteiger partial charge in [-0.25, -0.2) is 4.98 Å². The van der Waals surface area contributed by atoms with Crippen LogP contribution in [-0.2, 0) is 0 Å². The van der Waals surface area contributed by atoms with Crippen LogP contribution in [0.2, 0.25) is 0 Å². The zero-order valence-electron chi connectivity index (χ0n) is 22.4. The summed E-state index contributed by atoms with van der Waals surface area (Å²) < 4.78 is 4.63. The molecule has 196 valence electrons. The highest BCUT2D eigenvalue weighted by molar-refractivity contribution is 7.26. The van der Waals surface area contributed by atoms with Crippen molar-refractivity contribution < 1.29 is 0 Å². The fourth-order valence-corrected chi connectivity index (χ4v) is 7.31. The van der Waals surface area contributed by atoms with Crippen molar-refractivity contribution >= 4 is 64.1 Å². The molecular weight excluding hydrogens is 533 g/mol. The van der Waals surface area contributed by atoms with Crippen molar-refractivity contribution in [1.29, 1.82) is 0 Å². The Morgan fingerprint density at radius 2 is 1.17 bits per heavy atom. The van der Waals surface area contributed by atoms with Crippen molar-refractivity contribution in [3.05, 3.63) is 133 Å². The molecule has 9 rings (SSSR count). The molecule has 4 nitrogen and oxygen atoms in total. The van der Waals surface area contributed by atoms with E-state index in [1.807, 2.05) is 18.2 Å². The average Bonchev–Trinajstić information content (AvgIpc) is 3.59. The number of rotatable bonds is 3. The molecule has 0 fully saturated rings. The van der Waals surface area contributed by atoms with Gasteiger partial charge in [0.2, 0.25) is 5.95 Å². The highest BCUT2D eigenvalue weighted by atomic mass is 32.1. The molecule has 3 aromatic heterocycles. The minimum atomic E-state index is 0.610. The van der Waals surface area contributed by atoms with Crippen molar-refractivity contribution in [3.63, 3.8) is 0 Å². The zero-order valence-corrected chi connectivity index (χ0v) is 23.2. The number of nitrogens with zero attached hydrogens (tertiary/aromatic N) is 4. The van der Waals surface area contributed by atoms with Crippen LogP contribution in [-0.4, -0.2) is 19.5 Å². The van der Waals surface area contributed by atoms with Crippen molar-refractivity contribution in [2.45, 2.75) is 0 Å². The van der Waals surface area contributed by atoms with E-state index in [1.54, 1.807) is 11.3 Å². The van der Waals surface area contributed by atoms with Crippen LogP contribution in [0.15, 0.2) is 133 Å². The van der Waals surface area contributed by atoms with Crippen LogP contribution >= 0.6 is 11.3 Å². The first-order valence-electron chi connectivity index (χ1n) is 14.0. The average molecular weight is 555 g/mol. The van der Waals surface area contributed by atoms with E-state index in [0.29, 0.717) is 17.6 Å². The minimum Gasteiger partial charge on any atom is -0.278 e. The Labute approximate surface area is 245 Å². The monoisotopic (exact) mass is 554 g/mol. The van der Waals surface area contributed by atoms with E-state index in [-0.39, 0.29) is 0 Å². The number of thiophene rings is 1. The second-order valence-corrected chi connectivity index (χ2v) is 11.6. The Morgan fingerprint density at radius 3 is 2.05 bits per heavy atom. The predicted octanol–water partition coefficient (Wildman–Crippen LogP) is 9.82. The van der Waals surface area contributed by atoms with Crippen LogP contribution in [0.1, 0.15) is 0 Å². The predicted molar refractivity (Wildman–Crippen MR) is 175 cm³/mol. The smallest absolute Gasteiger partial charge is 0.238 e. The molecule has 0 saturated carbocycles. The first-order valence-corrected chi connectivity index (χ1v) is 14.8. The number of benzene rings is 6. The Bertz CT molecular complexity index is 2470. The van der Waals surface area contributed by atoms with Crippen LogP contribution < -0.4 is 0 Å². The molecule has 0 aliphatic carbocycles. The van der Waals surface area contributed by atoms with Gasteiger partial charge in [0.25, 0.3) is 0 Å². The lowest BCUT2D eigenvalue weighted by molar-refractivity contribution is 0.955. The summed E-state index contributed by atoms with van der Waals surface area (Å²) in [4.78, 5) is 15.4. The molecule has 6 aromatic carbocycles. The third-order valence-electron chi connectivity index (χ3n) is 8.04. The maximum Gasteiger partial charge on any atom is 0.238 e. The van der Waals surface area contributed by atoms with E-state index in [0.717, 1.165) is 22.2 Å². The van der Waals surface area contributed by atoms with Gasteiger partial charge in [-0.2, -0.15) is 9.97 Å². The van der Waals surface area contributed by atoms with Crippen molar-refractivity contribution in [2.75, 3.05) is 0 Å². The summed E-state index contributed by atoms with van der Waals surface area (Å²) in [6.07, 6.45) is 0. The molecule has 0 spiro atoms. The standard InChI is InChI=1S/C37H22N4S/c1-2-11-23(12-3-1)35-38-36(29-18-10-17-28-27-16-7-9-20-33(27)42-34(28)29)40-37(39-35)41-31-19-8-6-15-26(31)30-21-24-13-4-5-14-25(24)22-32(30)41/h1-22H. The summed E-state index contributed by atoms with van der Waals surface area (Å²) in [7, 11) is 0. The van der Waals surface area contributed by atoms with Crippen molar-refractivity contribution in [3.8, 4) is 28.7 Å². The molecule has 0 aliphatic heterocycles. The summed E-state index contributed by atoms with van der Waals surface area (Å²) >= 11 is 1.79. The van der Waals surface area contributed by atoms with Crippen molar-refractivity contribution in [2.24, 2.45) is 0 Å². The van der Waals surface area contributed by atoms with Gasteiger partial charge in [-0.05, 0) is 41.1 Å². The number of fused-ring (bicyclic) bond motifs is 7. The van der Waals surface area contributed by atoms with Gasteiger partial charge in [0.15, 0.2) is 11.6 Å². The van der Waals surface area contributed by atoms with Crippen LogP contribution in [0.25, 0.3) is 81.5 Å². The van der Waals surface area contributed by atoms with E-state index in [9.17, 15) is 0 Å². The third-order valence-corrected chi connectivity index (χ3v) is 9.26. The Hall–Kier alpha value is -5.39. The van der Waals surface area contributed by atoms with Gasteiger partial charge in [0.05, 0.1) is 11.0 Å².